The molecule has 1 amide bonds. The summed E-state index contributed by atoms with van der Waals surface area (Å²) >= 11 is 0. The molecule has 5 rings (SSSR count). The molecule has 1 aliphatic heterocycles. The Morgan fingerprint density at radius 2 is 1.59 bits per heavy atom. The molecule has 1 saturated heterocycles. The minimum absolute atomic E-state index is 0.0351. The van der Waals surface area contributed by atoms with Crippen LogP contribution in [0.2, 0.25) is 0 Å². The van der Waals surface area contributed by atoms with Gasteiger partial charge < -0.3 is 10.1 Å². The van der Waals surface area contributed by atoms with E-state index in [0.717, 1.165) is 49.9 Å². The molecular formula is C19H31NO2. The number of ether oxygens (including phenoxy) is 1. The van der Waals surface area contributed by atoms with E-state index in [9.17, 15) is 4.79 Å². The molecule has 3 heteroatoms. The average molecular weight is 305 g/mol. The van der Waals surface area contributed by atoms with Gasteiger partial charge in [0.25, 0.3) is 0 Å². The van der Waals surface area contributed by atoms with Crippen LogP contribution in [0.25, 0.3) is 0 Å². The number of carbonyl (C=O) groups is 1. The van der Waals surface area contributed by atoms with Crippen molar-refractivity contribution in [2.75, 3.05) is 19.8 Å². The van der Waals surface area contributed by atoms with Gasteiger partial charge in [-0.15, -0.1) is 0 Å². The Morgan fingerprint density at radius 1 is 1.00 bits per heavy atom. The Balaban J connectivity index is 1.24. The molecule has 0 atom stereocenters. The number of hydrogen-bond donors (Lipinski definition) is 1. The van der Waals surface area contributed by atoms with Crippen LogP contribution in [0.1, 0.15) is 64.2 Å². The Hall–Kier alpha value is -0.570. The molecule has 0 unspecified atom stereocenters. The summed E-state index contributed by atoms with van der Waals surface area (Å²) in [4.78, 5) is 12.8. The standard InChI is InChI=1S/C19H31NO2/c21-18(20-5-1-2-14-3-6-22-7-4-14)19-11-15-8-16(12-19)10-17(9-15)13-19/h14-17H,1-13H2,(H,20,21). The largest absolute Gasteiger partial charge is 0.381 e. The molecule has 0 aromatic rings. The summed E-state index contributed by atoms with van der Waals surface area (Å²) in [5, 5.41) is 3.31. The first-order valence-electron chi connectivity index (χ1n) is 9.59. The number of amides is 1. The summed E-state index contributed by atoms with van der Waals surface area (Å²) < 4.78 is 5.41. The first kappa shape index (κ1) is 15.0. The van der Waals surface area contributed by atoms with Crippen molar-refractivity contribution < 1.29 is 9.53 Å². The summed E-state index contributed by atoms with van der Waals surface area (Å²) in [7, 11) is 0. The van der Waals surface area contributed by atoms with Gasteiger partial charge in [0, 0.05) is 25.2 Å². The fourth-order valence-corrected chi connectivity index (χ4v) is 6.20. The lowest BCUT2D eigenvalue weighted by molar-refractivity contribution is -0.146. The van der Waals surface area contributed by atoms with Gasteiger partial charge in [-0.05, 0) is 87.9 Å². The molecule has 4 aliphatic carbocycles. The third kappa shape index (κ3) is 2.93. The van der Waals surface area contributed by atoms with Crippen LogP contribution in [0, 0.1) is 29.1 Å². The van der Waals surface area contributed by atoms with Crippen LogP contribution in [-0.2, 0) is 9.53 Å². The van der Waals surface area contributed by atoms with Crippen LogP contribution < -0.4 is 5.32 Å². The van der Waals surface area contributed by atoms with E-state index < -0.39 is 0 Å². The average Bonchev–Trinajstić information content (AvgIpc) is 2.51. The molecule has 1 heterocycles. The molecule has 0 aromatic carbocycles. The second kappa shape index (κ2) is 6.14. The van der Waals surface area contributed by atoms with Crippen molar-refractivity contribution in [1.82, 2.24) is 5.32 Å². The smallest absolute Gasteiger partial charge is 0.226 e. The second-order valence-electron chi connectivity index (χ2n) is 8.65. The highest BCUT2D eigenvalue weighted by atomic mass is 16.5. The third-order valence-electron chi connectivity index (χ3n) is 6.94. The molecule has 4 saturated carbocycles. The van der Waals surface area contributed by atoms with Crippen LogP contribution in [0.4, 0.5) is 0 Å². The van der Waals surface area contributed by atoms with E-state index in [1.165, 1.54) is 57.8 Å². The van der Waals surface area contributed by atoms with Gasteiger partial charge in [-0.25, -0.2) is 0 Å². The van der Waals surface area contributed by atoms with Gasteiger partial charge in [-0.3, -0.25) is 4.79 Å². The minimum atomic E-state index is 0.0351. The van der Waals surface area contributed by atoms with Crippen LogP contribution >= 0.6 is 0 Å². The lowest BCUT2D eigenvalue weighted by Crippen LogP contribution is -2.53. The Bertz CT molecular complexity index is 378. The van der Waals surface area contributed by atoms with Crippen LogP contribution in [0.5, 0.6) is 0 Å². The zero-order valence-electron chi connectivity index (χ0n) is 13.8. The first-order valence-corrected chi connectivity index (χ1v) is 9.59. The predicted molar refractivity (Wildman–Crippen MR) is 86.4 cm³/mol. The lowest BCUT2D eigenvalue weighted by Gasteiger charge is -2.55. The van der Waals surface area contributed by atoms with Gasteiger partial charge in [0.1, 0.15) is 0 Å². The number of hydrogen-bond acceptors (Lipinski definition) is 2. The van der Waals surface area contributed by atoms with E-state index in [-0.39, 0.29) is 5.41 Å². The van der Waals surface area contributed by atoms with Crippen molar-refractivity contribution in [2.24, 2.45) is 29.1 Å². The Kier molecular flexibility index (Phi) is 4.19. The van der Waals surface area contributed by atoms with Crippen LogP contribution in [0.15, 0.2) is 0 Å². The topological polar surface area (TPSA) is 38.3 Å². The van der Waals surface area contributed by atoms with Crippen molar-refractivity contribution in [2.45, 2.75) is 64.2 Å². The molecule has 1 N–H and O–H groups in total. The maximum atomic E-state index is 12.8. The van der Waals surface area contributed by atoms with E-state index in [2.05, 4.69) is 5.32 Å². The molecule has 22 heavy (non-hydrogen) atoms. The van der Waals surface area contributed by atoms with E-state index >= 15 is 0 Å². The van der Waals surface area contributed by atoms with Gasteiger partial charge >= 0.3 is 0 Å². The lowest BCUT2D eigenvalue weighted by atomic mass is 9.49. The molecule has 3 nitrogen and oxygen atoms in total. The SMILES string of the molecule is O=C(NCCCC1CCOCC1)C12CC3CC(CC(C3)C1)C2. The van der Waals surface area contributed by atoms with Gasteiger partial charge in [0.05, 0.1) is 0 Å². The van der Waals surface area contributed by atoms with E-state index in [4.69, 9.17) is 4.74 Å². The summed E-state index contributed by atoms with van der Waals surface area (Å²) in [5.41, 5.74) is 0.0351. The van der Waals surface area contributed by atoms with Gasteiger partial charge in [-0.1, -0.05) is 0 Å². The molecule has 0 radical (unpaired) electrons. The van der Waals surface area contributed by atoms with Crippen molar-refractivity contribution in [3.8, 4) is 0 Å². The van der Waals surface area contributed by atoms with Crippen molar-refractivity contribution >= 4 is 5.91 Å². The minimum Gasteiger partial charge on any atom is -0.381 e. The summed E-state index contributed by atoms with van der Waals surface area (Å²) in [6.07, 6.45) is 12.6. The second-order valence-corrected chi connectivity index (χ2v) is 8.65. The maximum absolute atomic E-state index is 12.8. The van der Waals surface area contributed by atoms with Crippen molar-refractivity contribution in [3.63, 3.8) is 0 Å². The highest BCUT2D eigenvalue weighted by molar-refractivity contribution is 5.83. The summed E-state index contributed by atoms with van der Waals surface area (Å²) in [5.74, 6) is 3.81. The van der Waals surface area contributed by atoms with E-state index in [0.29, 0.717) is 5.91 Å². The first-order chi connectivity index (χ1) is 10.7. The quantitative estimate of drug-likeness (QED) is 0.789. The molecule has 5 fully saturated rings. The fourth-order valence-electron chi connectivity index (χ4n) is 6.20. The van der Waals surface area contributed by atoms with Crippen molar-refractivity contribution in [3.05, 3.63) is 0 Å². The monoisotopic (exact) mass is 305 g/mol. The maximum Gasteiger partial charge on any atom is 0.226 e. The van der Waals surface area contributed by atoms with E-state index in [1.807, 2.05) is 0 Å². The molecule has 124 valence electrons. The van der Waals surface area contributed by atoms with Crippen LogP contribution in [-0.4, -0.2) is 25.7 Å². The van der Waals surface area contributed by atoms with Crippen LogP contribution in [0.3, 0.4) is 0 Å². The summed E-state index contributed by atoms with van der Waals surface area (Å²) in [6, 6.07) is 0. The Labute approximate surface area is 134 Å². The highest BCUT2D eigenvalue weighted by Crippen LogP contribution is 2.60. The van der Waals surface area contributed by atoms with Gasteiger partial charge in [0.2, 0.25) is 5.91 Å². The highest BCUT2D eigenvalue weighted by Gasteiger charge is 2.54. The number of rotatable bonds is 5. The van der Waals surface area contributed by atoms with E-state index in [1.54, 1.807) is 0 Å². The van der Waals surface area contributed by atoms with Crippen molar-refractivity contribution in [1.29, 1.82) is 0 Å². The zero-order chi connectivity index (χ0) is 15.0. The number of carbonyl (C=O) groups excluding carboxylic acids is 1. The predicted octanol–water partition coefficient (Wildman–Crippen LogP) is 3.53. The molecular weight excluding hydrogens is 274 g/mol. The van der Waals surface area contributed by atoms with Gasteiger partial charge in [-0.2, -0.15) is 0 Å². The molecule has 0 aromatic heterocycles. The molecule has 0 spiro atoms. The zero-order valence-corrected chi connectivity index (χ0v) is 13.8. The number of nitrogens with one attached hydrogen (secondary N) is 1. The van der Waals surface area contributed by atoms with Gasteiger partial charge in [0.15, 0.2) is 0 Å². The summed E-state index contributed by atoms with van der Waals surface area (Å²) in [6.45, 7) is 2.76. The Morgan fingerprint density at radius 3 is 2.18 bits per heavy atom. The molecule has 4 bridgehead atoms. The third-order valence-corrected chi connectivity index (χ3v) is 6.94. The molecule has 5 aliphatic rings. The fraction of sp³-hybridized carbons (Fsp3) is 0.947. The normalized spacial score (nSPS) is 40.8.